The number of hydrogen-bond donors (Lipinski definition) is 1. The van der Waals surface area contributed by atoms with E-state index in [1.54, 1.807) is 55.5 Å². The molecule has 0 saturated heterocycles. The lowest BCUT2D eigenvalue weighted by molar-refractivity contribution is 0.0816. The highest BCUT2D eigenvalue weighted by atomic mass is 35.5. The lowest BCUT2D eigenvalue weighted by Crippen LogP contribution is -2.26. The monoisotopic (exact) mass is 394 g/mol. The molecule has 28 heavy (non-hydrogen) atoms. The third kappa shape index (κ3) is 2.84. The Morgan fingerprint density at radius 2 is 1.61 bits per heavy atom. The van der Waals surface area contributed by atoms with Crippen molar-refractivity contribution in [1.29, 1.82) is 0 Å². The van der Waals surface area contributed by atoms with Crippen molar-refractivity contribution in [3.63, 3.8) is 0 Å². The molecule has 1 N–H and O–H groups in total. The third-order valence-electron chi connectivity index (χ3n) is 4.92. The van der Waals surface area contributed by atoms with Crippen molar-refractivity contribution in [2.45, 2.75) is 12.8 Å². The van der Waals surface area contributed by atoms with Crippen LogP contribution in [0, 0.1) is 12.8 Å². The fourth-order valence-electron chi connectivity index (χ4n) is 3.70. The number of ketones is 2. The molecule has 0 spiro atoms. The van der Waals surface area contributed by atoms with Crippen LogP contribution >= 0.6 is 11.6 Å². The van der Waals surface area contributed by atoms with Gasteiger partial charge in [-0.05, 0) is 24.6 Å². The van der Waals surface area contributed by atoms with E-state index in [9.17, 15) is 19.5 Å². The molecule has 1 aromatic heterocycles. The molecule has 1 aliphatic rings. The summed E-state index contributed by atoms with van der Waals surface area (Å²) in [5.74, 6) is -3.38. The molecule has 0 saturated carbocycles. The van der Waals surface area contributed by atoms with Crippen molar-refractivity contribution < 1.29 is 19.1 Å². The zero-order valence-electron chi connectivity index (χ0n) is 14.8. The third-order valence-corrected chi connectivity index (χ3v) is 5.15. The van der Waals surface area contributed by atoms with Gasteiger partial charge in [0, 0.05) is 22.2 Å². The molecule has 6 heteroatoms. The first kappa shape index (κ1) is 18.2. The van der Waals surface area contributed by atoms with Crippen LogP contribution in [0.2, 0.25) is 5.02 Å². The van der Waals surface area contributed by atoms with Crippen molar-refractivity contribution in [2.24, 2.45) is 5.92 Å². The number of aryl methyl sites for hydroxylation is 1. The van der Waals surface area contributed by atoms with Gasteiger partial charge in [0.2, 0.25) is 11.2 Å². The maximum Gasteiger partial charge on any atom is 0.227 e. The van der Waals surface area contributed by atoms with E-state index in [1.807, 2.05) is 0 Å². The summed E-state index contributed by atoms with van der Waals surface area (Å²) in [6, 6.07) is 14.3. The number of rotatable bonds is 3. The number of benzene rings is 2. The van der Waals surface area contributed by atoms with E-state index in [0.29, 0.717) is 21.7 Å². The van der Waals surface area contributed by atoms with Crippen LogP contribution in [0.25, 0.3) is 0 Å². The number of fused-ring (bicyclic) bond motifs is 1. The second kappa shape index (κ2) is 6.77. The van der Waals surface area contributed by atoms with Gasteiger partial charge in [0.15, 0.2) is 17.3 Å². The first-order chi connectivity index (χ1) is 13.4. The Bertz CT molecular complexity index is 1140. The average molecular weight is 395 g/mol. The highest BCUT2D eigenvalue weighted by Gasteiger charge is 2.46. The molecule has 0 bridgehead atoms. The molecule has 0 radical (unpaired) electrons. The van der Waals surface area contributed by atoms with Gasteiger partial charge in [-0.25, -0.2) is 0 Å². The average Bonchev–Trinajstić information content (AvgIpc) is 2.91. The normalized spacial score (nSPS) is 14.9. The first-order valence-electron chi connectivity index (χ1n) is 8.65. The summed E-state index contributed by atoms with van der Waals surface area (Å²) in [5.41, 5.74) is 0.496. The van der Waals surface area contributed by atoms with Crippen LogP contribution in [-0.4, -0.2) is 16.7 Å². The minimum absolute atomic E-state index is 0.119. The molecular formula is C22H15ClO5. The van der Waals surface area contributed by atoms with Crippen LogP contribution in [-0.2, 0) is 0 Å². The highest BCUT2D eigenvalue weighted by molar-refractivity contribution is 6.30. The van der Waals surface area contributed by atoms with Crippen molar-refractivity contribution in [3.05, 3.63) is 98.1 Å². The zero-order chi connectivity index (χ0) is 20.0. The molecule has 0 aliphatic heterocycles. The smallest absolute Gasteiger partial charge is 0.227 e. The second-order valence-electron chi connectivity index (χ2n) is 6.72. The maximum atomic E-state index is 13.1. The van der Waals surface area contributed by atoms with E-state index in [4.69, 9.17) is 16.0 Å². The van der Waals surface area contributed by atoms with Crippen LogP contribution in [0.1, 0.15) is 43.7 Å². The summed E-state index contributed by atoms with van der Waals surface area (Å²) < 4.78 is 5.66. The molecule has 1 heterocycles. The molecule has 3 aromatic rings. The SMILES string of the molecule is Cc1cc(=O)c(O)c(C(c2cccc(Cl)c2)C2C(=O)c3ccccc3C2=O)o1. The molecule has 4 rings (SSSR count). The molecule has 140 valence electrons. The van der Waals surface area contributed by atoms with Crippen molar-refractivity contribution in [3.8, 4) is 5.75 Å². The predicted molar refractivity (Wildman–Crippen MR) is 103 cm³/mol. The summed E-state index contributed by atoms with van der Waals surface area (Å²) in [5, 5.41) is 10.8. The van der Waals surface area contributed by atoms with Crippen LogP contribution in [0.5, 0.6) is 5.75 Å². The Hall–Kier alpha value is -3.18. The number of aromatic hydroxyl groups is 1. The maximum absolute atomic E-state index is 13.1. The standard InChI is InChI=1S/C22H15ClO5/c1-11-9-16(24)21(27)22(28-11)17(12-5-4-6-13(23)10-12)18-19(25)14-7-2-3-8-15(14)20(18)26/h2-10,17-18,27H,1H3. The Morgan fingerprint density at radius 3 is 2.21 bits per heavy atom. The fourth-order valence-corrected chi connectivity index (χ4v) is 3.90. The largest absolute Gasteiger partial charge is 0.502 e. The topological polar surface area (TPSA) is 84.6 Å². The number of carbonyl (C=O) groups excluding carboxylic acids is 2. The second-order valence-corrected chi connectivity index (χ2v) is 7.16. The Labute approximate surface area is 165 Å². The minimum atomic E-state index is -1.16. The van der Waals surface area contributed by atoms with E-state index in [2.05, 4.69) is 0 Å². The van der Waals surface area contributed by atoms with Gasteiger partial charge in [0.1, 0.15) is 5.76 Å². The molecule has 0 fully saturated rings. The van der Waals surface area contributed by atoms with E-state index >= 15 is 0 Å². The lowest BCUT2D eigenvalue weighted by atomic mass is 9.80. The van der Waals surface area contributed by atoms with Gasteiger partial charge < -0.3 is 9.52 Å². The zero-order valence-corrected chi connectivity index (χ0v) is 15.6. The van der Waals surface area contributed by atoms with E-state index < -0.39 is 23.0 Å². The highest BCUT2D eigenvalue weighted by Crippen LogP contribution is 2.43. The number of hydrogen-bond acceptors (Lipinski definition) is 5. The van der Waals surface area contributed by atoms with Crippen molar-refractivity contribution >= 4 is 23.2 Å². The van der Waals surface area contributed by atoms with Gasteiger partial charge in [-0.1, -0.05) is 48.0 Å². The number of carbonyl (C=O) groups is 2. The summed E-state index contributed by atoms with van der Waals surface area (Å²) in [6.07, 6.45) is 0. The quantitative estimate of drug-likeness (QED) is 0.675. The summed E-state index contributed by atoms with van der Waals surface area (Å²) in [6.45, 7) is 1.56. The molecule has 1 atom stereocenters. The van der Waals surface area contributed by atoms with Crippen LogP contribution in [0.3, 0.4) is 0 Å². The number of halogens is 1. The molecular weight excluding hydrogens is 380 g/mol. The summed E-state index contributed by atoms with van der Waals surface area (Å²) in [7, 11) is 0. The lowest BCUT2D eigenvalue weighted by Gasteiger charge is -2.22. The molecule has 0 amide bonds. The Kier molecular flexibility index (Phi) is 4.40. The van der Waals surface area contributed by atoms with Gasteiger partial charge in [-0.2, -0.15) is 0 Å². The van der Waals surface area contributed by atoms with Gasteiger partial charge >= 0.3 is 0 Å². The van der Waals surface area contributed by atoms with Crippen molar-refractivity contribution in [1.82, 2.24) is 0 Å². The van der Waals surface area contributed by atoms with Crippen LogP contribution in [0.4, 0.5) is 0 Å². The first-order valence-corrected chi connectivity index (χ1v) is 9.03. The summed E-state index contributed by atoms with van der Waals surface area (Å²) in [4.78, 5) is 38.4. The van der Waals surface area contributed by atoms with E-state index in [1.165, 1.54) is 0 Å². The van der Waals surface area contributed by atoms with Gasteiger partial charge in [0.25, 0.3) is 0 Å². The van der Waals surface area contributed by atoms with E-state index in [-0.39, 0.29) is 23.1 Å². The van der Waals surface area contributed by atoms with Crippen molar-refractivity contribution in [2.75, 3.05) is 0 Å². The molecule has 2 aromatic carbocycles. The minimum Gasteiger partial charge on any atom is -0.502 e. The van der Waals surface area contributed by atoms with Crippen LogP contribution < -0.4 is 5.43 Å². The predicted octanol–water partition coefficient (Wildman–Crippen LogP) is 4.13. The van der Waals surface area contributed by atoms with Crippen LogP contribution in [0.15, 0.2) is 63.8 Å². The van der Waals surface area contributed by atoms with E-state index in [0.717, 1.165) is 6.07 Å². The molecule has 5 nitrogen and oxygen atoms in total. The fraction of sp³-hybridized carbons (Fsp3) is 0.136. The molecule has 1 unspecified atom stereocenters. The van der Waals surface area contributed by atoms with Gasteiger partial charge in [-0.15, -0.1) is 0 Å². The number of Topliss-reactive ketones (excluding diaryl/α,β-unsaturated/α-hetero) is 2. The van der Waals surface area contributed by atoms with Gasteiger partial charge in [-0.3, -0.25) is 14.4 Å². The Morgan fingerprint density at radius 1 is 0.964 bits per heavy atom. The Balaban J connectivity index is 1.97. The molecule has 1 aliphatic carbocycles. The van der Waals surface area contributed by atoms with Gasteiger partial charge in [0.05, 0.1) is 11.8 Å². The summed E-state index contributed by atoms with van der Waals surface area (Å²) >= 11 is 6.12.